The molecule has 6 nitrogen and oxygen atoms in total. The Bertz CT molecular complexity index is 540. The Balaban J connectivity index is 2.12. The number of anilines is 1. The monoisotopic (exact) mass is 278 g/mol. The molecule has 108 valence electrons. The highest BCUT2D eigenvalue weighted by molar-refractivity contribution is 5.99. The van der Waals surface area contributed by atoms with Crippen LogP contribution in [-0.4, -0.2) is 36.7 Å². The Morgan fingerprint density at radius 2 is 2.20 bits per heavy atom. The number of para-hydroxylation sites is 1. The number of aliphatic carboxylic acids is 1. The van der Waals surface area contributed by atoms with Gasteiger partial charge in [-0.3, -0.25) is 9.59 Å². The maximum Gasteiger partial charge on any atom is 0.310 e. The number of carboxylic acid groups (broad SMARTS) is 1. The molecule has 1 aliphatic heterocycles. The zero-order valence-corrected chi connectivity index (χ0v) is 11.5. The predicted octanol–water partition coefficient (Wildman–Crippen LogP) is 1.33. The molecule has 0 saturated carbocycles. The molecule has 0 unspecified atom stereocenters. The smallest absolute Gasteiger partial charge is 0.310 e. The van der Waals surface area contributed by atoms with Gasteiger partial charge in [-0.1, -0.05) is 6.07 Å². The lowest BCUT2D eigenvalue weighted by molar-refractivity contribution is -0.146. The highest BCUT2D eigenvalue weighted by atomic mass is 16.5. The van der Waals surface area contributed by atoms with Crippen molar-refractivity contribution < 1.29 is 19.4 Å². The summed E-state index contributed by atoms with van der Waals surface area (Å²) < 4.78 is 5.52. The van der Waals surface area contributed by atoms with Gasteiger partial charge in [0.2, 0.25) is 0 Å². The van der Waals surface area contributed by atoms with E-state index < -0.39 is 11.4 Å². The molecule has 0 saturated heterocycles. The normalized spacial score (nSPS) is 13.7. The molecule has 0 aliphatic carbocycles. The van der Waals surface area contributed by atoms with Crippen LogP contribution in [0.2, 0.25) is 0 Å². The number of carbonyl (C=O) groups is 2. The minimum atomic E-state index is -1.01. The summed E-state index contributed by atoms with van der Waals surface area (Å²) in [6.45, 7) is 4.38. The molecule has 0 atom stereocenters. The fourth-order valence-corrected chi connectivity index (χ4v) is 1.82. The number of benzene rings is 1. The molecule has 6 heteroatoms. The number of fused-ring (bicyclic) bond motifs is 1. The van der Waals surface area contributed by atoms with Gasteiger partial charge in [0.25, 0.3) is 5.91 Å². The Morgan fingerprint density at radius 3 is 2.90 bits per heavy atom. The second kappa shape index (κ2) is 5.40. The number of rotatable bonds is 4. The van der Waals surface area contributed by atoms with E-state index in [0.29, 0.717) is 24.5 Å². The minimum absolute atomic E-state index is 0.0538. The third-order valence-electron chi connectivity index (χ3n) is 3.19. The first-order valence-corrected chi connectivity index (χ1v) is 6.43. The van der Waals surface area contributed by atoms with E-state index in [2.05, 4.69) is 10.6 Å². The standard InChI is InChI=1S/C14H18N2O4/c1-14(2,13(18)19)8-16-12(17)9-4-3-5-10-11(9)20-7-6-15-10/h3-5,15H,6-8H2,1-2H3,(H,16,17)(H,18,19). The lowest BCUT2D eigenvalue weighted by Gasteiger charge is -2.23. The van der Waals surface area contributed by atoms with E-state index >= 15 is 0 Å². The minimum Gasteiger partial charge on any atom is -0.489 e. The van der Waals surface area contributed by atoms with Crippen LogP contribution in [-0.2, 0) is 4.79 Å². The van der Waals surface area contributed by atoms with Crippen molar-refractivity contribution in [2.24, 2.45) is 5.41 Å². The Kier molecular flexibility index (Phi) is 3.83. The van der Waals surface area contributed by atoms with Gasteiger partial charge in [0.15, 0.2) is 5.75 Å². The molecule has 0 fully saturated rings. The van der Waals surface area contributed by atoms with Crippen LogP contribution in [0.3, 0.4) is 0 Å². The quantitative estimate of drug-likeness (QED) is 0.773. The van der Waals surface area contributed by atoms with Gasteiger partial charge in [-0.15, -0.1) is 0 Å². The zero-order valence-electron chi connectivity index (χ0n) is 11.5. The number of hydrogen-bond acceptors (Lipinski definition) is 4. The van der Waals surface area contributed by atoms with E-state index in [1.165, 1.54) is 0 Å². The fraction of sp³-hybridized carbons (Fsp3) is 0.429. The molecule has 1 aromatic rings. The lowest BCUT2D eigenvalue weighted by atomic mass is 9.94. The average molecular weight is 278 g/mol. The molecule has 0 radical (unpaired) electrons. The van der Waals surface area contributed by atoms with Gasteiger partial charge in [-0.05, 0) is 26.0 Å². The molecule has 2 rings (SSSR count). The molecule has 0 spiro atoms. The van der Waals surface area contributed by atoms with Gasteiger partial charge in [-0.25, -0.2) is 0 Å². The van der Waals surface area contributed by atoms with E-state index in [0.717, 1.165) is 5.69 Å². The summed E-state index contributed by atoms with van der Waals surface area (Å²) in [5.74, 6) is -0.768. The maximum absolute atomic E-state index is 12.2. The van der Waals surface area contributed by atoms with E-state index in [9.17, 15) is 9.59 Å². The molecule has 3 N–H and O–H groups in total. The molecular formula is C14H18N2O4. The van der Waals surface area contributed by atoms with Crippen molar-refractivity contribution in [3.8, 4) is 5.75 Å². The number of ether oxygens (including phenoxy) is 1. The van der Waals surface area contributed by atoms with E-state index in [-0.39, 0.29) is 12.5 Å². The van der Waals surface area contributed by atoms with Crippen LogP contribution in [0.25, 0.3) is 0 Å². The molecule has 1 amide bonds. The summed E-state index contributed by atoms with van der Waals surface area (Å²) in [4.78, 5) is 23.2. The van der Waals surface area contributed by atoms with Crippen molar-refractivity contribution in [2.75, 3.05) is 25.0 Å². The van der Waals surface area contributed by atoms with Crippen LogP contribution in [0.1, 0.15) is 24.2 Å². The summed E-state index contributed by atoms with van der Waals surface area (Å²) in [6.07, 6.45) is 0. The zero-order chi connectivity index (χ0) is 14.8. The predicted molar refractivity (Wildman–Crippen MR) is 74.2 cm³/mol. The van der Waals surface area contributed by atoms with E-state index in [1.54, 1.807) is 26.0 Å². The molecule has 20 heavy (non-hydrogen) atoms. The second-order valence-electron chi connectivity index (χ2n) is 5.33. The third-order valence-corrected chi connectivity index (χ3v) is 3.19. The van der Waals surface area contributed by atoms with Crippen LogP contribution in [0.4, 0.5) is 5.69 Å². The van der Waals surface area contributed by atoms with E-state index in [4.69, 9.17) is 9.84 Å². The topological polar surface area (TPSA) is 87.7 Å². The lowest BCUT2D eigenvalue weighted by Crippen LogP contribution is -2.39. The average Bonchev–Trinajstić information content (AvgIpc) is 2.44. The molecule has 1 heterocycles. The fourth-order valence-electron chi connectivity index (χ4n) is 1.82. The summed E-state index contributed by atoms with van der Waals surface area (Å²) in [6, 6.07) is 5.26. The highest BCUT2D eigenvalue weighted by Crippen LogP contribution is 2.31. The Morgan fingerprint density at radius 1 is 1.45 bits per heavy atom. The first kappa shape index (κ1) is 14.2. The summed E-state index contributed by atoms with van der Waals surface area (Å²) in [7, 11) is 0. The molecule has 1 aliphatic rings. The number of amides is 1. The molecular weight excluding hydrogens is 260 g/mol. The van der Waals surface area contributed by atoms with Crippen LogP contribution in [0.15, 0.2) is 18.2 Å². The molecule has 1 aromatic carbocycles. The van der Waals surface area contributed by atoms with Crippen LogP contribution < -0.4 is 15.4 Å². The maximum atomic E-state index is 12.2. The first-order valence-electron chi connectivity index (χ1n) is 6.43. The van der Waals surface area contributed by atoms with Gasteiger partial charge in [0.1, 0.15) is 6.61 Å². The number of carboxylic acids is 1. The van der Waals surface area contributed by atoms with Gasteiger partial charge in [0.05, 0.1) is 16.7 Å². The van der Waals surface area contributed by atoms with Crippen molar-refractivity contribution in [1.29, 1.82) is 0 Å². The number of carbonyl (C=O) groups excluding carboxylic acids is 1. The SMILES string of the molecule is CC(C)(CNC(=O)c1cccc2c1OCCN2)C(=O)O. The Labute approximate surface area is 117 Å². The Hall–Kier alpha value is -2.24. The van der Waals surface area contributed by atoms with E-state index in [1.807, 2.05) is 6.07 Å². The highest BCUT2D eigenvalue weighted by Gasteiger charge is 2.28. The van der Waals surface area contributed by atoms with Crippen molar-refractivity contribution in [2.45, 2.75) is 13.8 Å². The second-order valence-corrected chi connectivity index (χ2v) is 5.33. The van der Waals surface area contributed by atoms with Crippen molar-refractivity contribution >= 4 is 17.6 Å². The van der Waals surface area contributed by atoms with Gasteiger partial charge >= 0.3 is 5.97 Å². The first-order chi connectivity index (χ1) is 9.42. The summed E-state index contributed by atoms with van der Waals surface area (Å²) in [5, 5.41) is 14.8. The van der Waals surface area contributed by atoms with Crippen LogP contribution in [0, 0.1) is 5.41 Å². The van der Waals surface area contributed by atoms with Crippen molar-refractivity contribution in [3.05, 3.63) is 23.8 Å². The van der Waals surface area contributed by atoms with Gasteiger partial charge in [0, 0.05) is 13.1 Å². The molecule has 0 aromatic heterocycles. The summed E-state index contributed by atoms with van der Waals surface area (Å²) in [5.41, 5.74) is 0.182. The van der Waals surface area contributed by atoms with Gasteiger partial charge < -0.3 is 20.5 Å². The summed E-state index contributed by atoms with van der Waals surface area (Å²) >= 11 is 0. The third kappa shape index (κ3) is 2.84. The van der Waals surface area contributed by atoms with Crippen molar-refractivity contribution in [1.82, 2.24) is 5.32 Å². The largest absolute Gasteiger partial charge is 0.489 e. The molecule has 0 bridgehead atoms. The van der Waals surface area contributed by atoms with Gasteiger partial charge in [-0.2, -0.15) is 0 Å². The van der Waals surface area contributed by atoms with Crippen LogP contribution >= 0.6 is 0 Å². The van der Waals surface area contributed by atoms with Crippen molar-refractivity contribution in [3.63, 3.8) is 0 Å². The number of hydrogen-bond donors (Lipinski definition) is 3. The van der Waals surface area contributed by atoms with Crippen LogP contribution in [0.5, 0.6) is 5.75 Å². The number of nitrogens with one attached hydrogen (secondary N) is 2.